The van der Waals surface area contributed by atoms with E-state index in [1.165, 1.54) is 60.8 Å². The highest BCUT2D eigenvalue weighted by Gasteiger charge is 2.32. The summed E-state index contributed by atoms with van der Waals surface area (Å²) in [5, 5.41) is 3.68. The Bertz CT molecular complexity index is 3330. The minimum atomic E-state index is 0.812. The maximum Gasteiger partial charge on any atom is 0.165 e. The van der Waals surface area contributed by atoms with Crippen molar-refractivity contribution in [1.82, 2.24) is 19.1 Å². The van der Waals surface area contributed by atoms with Crippen LogP contribution in [0.5, 0.6) is 0 Å². The van der Waals surface area contributed by atoms with Crippen LogP contribution in [0.1, 0.15) is 0 Å². The van der Waals surface area contributed by atoms with Crippen LogP contribution < -0.4 is 0 Å². The van der Waals surface area contributed by atoms with Gasteiger partial charge in [-0.1, -0.05) is 146 Å². The number of fused-ring (bicyclic) bond motifs is 4. The van der Waals surface area contributed by atoms with Gasteiger partial charge < -0.3 is 4.57 Å². The van der Waals surface area contributed by atoms with Crippen LogP contribution in [0.25, 0.3) is 111 Å². The Hall–Kier alpha value is -7.56. The van der Waals surface area contributed by atoms with E-state index in [9.17, 15) is 0 Å². The molecule has 260 valence electrons. The van der Waals surface area contributed by atoms with Gasteiger partial charge in [0.1, 0.15) is 5.69 Å². The molecular formula is C52H32N4. The third kappa shape index (κ3) is 4.41. The van der Waals surface area contributed by atoms with Crippen molar-refractivity contribution in [2.45, 2.75) is 0 Å². The fourth-order valence-corrected chi connectivity index (χ4v) is 9.09. The topological polar surface area (TPSA) is 35.6 Å². The number of benzene rings is 8. The quantitative estimate of drug-likeness (QED) is 0.178. The summed E-state index contributed by atoms with van der Waals surface area (Å²) in [7, 11) is 0. The highest BCUT2D eigenvalue weighted by Crippen LogP contribution is 2.55. The number of para-hydroxylation sites is 3. The molecule has 0 aliphatic heterocycles. The highest BCUT2D eigenvalue weighted by atomic mass is 15.1. The molecule has 0 bridgehead atoms. The van der Waals surface area contributed by atoms with Gasteiger partial charge in [-0.3, -0.25) is 4.57 Å². The Morgan fingerprint density at radius 2 is 0.893 bits per heavy atom. The molecule has 0 saturated heterocycles. The molecule has 0 saturated carbocycles. The summed E-state index contributed by atoms with van der Waals surface area (Å²) in [6.45, 7) is 0. The van der Waals surface area contributed by atoms with Crippen molar-refractivity contribution in [3.05, 3.63) is 194 Å². The third-order valence-corrected chi connectivity index (χ3v) is 11.4. The van der Waals surface area contributed by atoms with Crippen molar-refractivity contribution < 1.29 is 0 Å². The normalized spacial score (nSPS) is 11.9. The van der Waals surface area contributed by atoms with Crippen molar-refractivity contribution in [3.63, 3.8) is 0 Å². The van der Waals surface area contributed by atoms with Gasteiger partial charge in [-0.15, -0.1) is 0 Å². The summed E-state index contributed by atoms with van der Waals surface area (Å²) in [5.74, 6) is 0.812. The van der Waals surface area contributed by atoms with Gasteiger partial charge in [0.25, 0.3) is 0 Å². The molecule has 0 unspecified atom stereocenters. The zero-order valence-corrected chi connectivity index (χ0v) is 30.3. The molecule has 0 N–H and O–H groups in total. The van der Waals surface area contributed by atoms with Crippen LogP contribution in [0.4, 0.5) is 0 Å². The molecule has 4 nitrogen and oxygen atoms in total. The fourth-order valence-electron chi connectivity index (χ4n) is 9.09. The van der Waals surface area contributed by atoms with Gasteiger partial charge in [-0.05, 0) is 81.9 Å². The molecule has 3 aromatic heterocycles. The zero-order chi connectivity index (χ0) is 36.7. The lowest BCUT2D eigenvalue weighted by Gasteiger charge is -2.17. The standard InChI is InChI=1S/C52H32N4/c1-5-17-33(18-6-1)36-31-40-38-25-13-14-26-39(38)47-49-43(55(37-23-11-4-12-24-37)51(47)35-21-9-3-10-22-35)29-30-44-48(49)46(40)45(32-36)56(44)52-50(34-19-7-2-8-20-34)53-41-27-15-16-28-42(41)54-52/h1-32H. The van der Waals surface area contributed by atoms with Crippen LogP contribution in [0, 0.1) is 0 Å². The number of hydrogen-bond donors (Lipinski definition) is 0. The van der Waals surface area contributed by atoms with Crippen LogP contribution in [-0.2, 0) is 0 Å². The van der Waals surface area contributed by atoms with Gasteiger partial charge in [0, 0.05) is 33.0 Å². The van der Waals surface area contributed by atoms with Crippen LogP contribution >= 0.6 is 0 Å². The smallest absolute Gasteiger partial charge is 0.165 e. The SMILES string of the molecule is c1ccc(-c2cc3c4c5c6c(c(-c7ccccc7)n(-c7ccccc7)c6ccc5n(-c5nc6ccccc6nc5-c5ccccc5)c4c2)-c2ccccc2-3)cc1. The van der Waals surface area contributed by atoms with E-state index in [1.807, 2.05) is 12.1 Å². The first-order valence-corrected chi connectivity index (χ1v) is 19.1. The van der Waals surface area contributed by atoms with Crippen LogP contribution in [0.3, 0.4) is 0 Å². The minimum Gasteiger partial charge on any atom is -0.309 e. The van der Waals surface area contributed by atoms with Gasteiger partial charge in [0.2, 0.25) is 0 Å². The molecule has 4 heteroatoms. The number of nitrogens with zero attached hydrogens (tertiary/aromatic N) is 4. The lowest BCUT2D eigenvalue weighted by Crippen LogP contribution is -2.04. The molecule has 3 heterocycles. The summed E-state index contributed by atoms with van der Waals surface area (Å²) < 4.78 is 4.86. The molecule has 56 heavy (non-hydrogen) atoms. The molecular weight excluding hydrogens is 681 g/mol. The molecule has 0 spiro atoms. The second kappa shape index (κ2) is 12.0. The van der Waals surface area contributed by atoms with Crippen LogP contribution in [0.2, 0.25) is 0 Å². The predicted molar refractivity (Wildman–Crippen MR) is 231 cm³/mol. The van der Waals surface area contributed by atoms with Gasteiger partial charge in [0.05, 0.1) is 33.3 Å². The predicted octanol–water partition coefficient (Wildman–Crippen LogP) is 13.3. The number of aromatic nitrogens is 4. The third-order valence-electron chi connectivity index (χ3n) is 11.4. The Kier molecular flexibility index (Phi) is 6.60. The van der Waals surface area contributed by atoms with Crippen LogP contribution in [0.15, 0.2) is 194 Å². The zero-order valence-electron chi connectivity index (χ0n) is 30.3. The molecule has 0 fully saturated rings. The Morgan fingerprint density at radius 1 is 0.339 bits per heavy atom. The molecule has 8 aromatic carbocycles. The monoisotopic (exact) mass is 712 g/mol. The summed E-state index contributed by atoms with van der Waals surface area (Å²) in [5.41, 5.74) is 17.6. The van der Waals surface area contributed by atoms with E-state index in [2.05, 4.69) is 191 Å². The number of hydrogen-bond acceptors (Lipinski definition) is 2. The van der Waals surface area contributed by atoms with Gasteiger partial charge in [-0.2, -0.15) is 0 Å². The Morgan fingerprint density at radius 3 is 1.59 bits per heavy atom. The summed E-state index contributed by atoms with van der Waals surface area (Å²) >= 11 is 0. The lowest BCUT2D eigenvalue weighted by atomic mass is 9.91. The van der Waals surface area contributed by atoms with E-state index < -0.39 is 0 Å². The van der Waals surface area contributed by atoms with Crippen molar-refractivity contribution in [1.29, 1.82) is 0 Å². The molecule has 0 radical (unpaired) electrons. The summed E-state index contributed by atoms with van der Waals surface area (Å²) in [6, 6.07) is 69.5. The maximum absolute atomic E-state index is 5.50. The average Bonchev–Trinajstić information content (AvgIpc) is 3.76. The summed E-state index contributed by atoms with van der Waals surface area (Å²) in [4.78, 5) is 10.9. The van der Waals surface area contributed by atoms with Crippen molar-refractivity contribution >= 4 is 43.7 Å². The molecule has 0 atom stereocenters. The van der Waals surface area contributed by atoms with E-state index in [1.54, 1.807) is 0 Å². The highest BCUT2D eigenvalue weighted by molar-refractivity contribution is 6.32. The van der Waals surface area contributed by atoms with Gasteiger partial charge in [0.15, 0.2) is 5.82 Å². The van der Waals surface area contributed by atoms with Crippen LogP contribution in [-0.4, -0.2) is 19.1 Å². The Labute approximate surface area is 323 Å². The lowest BCUT2D eigenvalue weighted by molar-refractivity contribution is 1.08. The second-order valence-corrected chi connectivity index (χ2v) is 14.5. The van der Waals surface area contributed by atoms with Crippen molar-refractivity contribution in [3.8, 4) is 67.4 Å². The fraction of sp³-hybridized carbons (Fsp3) is 0. The van der Waals surface area contributed by atoms with Crippen molar-refractivity contribution in [2.24, 2.45) is 0 Å². The average molecular weight is 713 g/mol. The summed E-state index contributed by atoms with van der Waals surface area (Å²) in [6.07, 6.45) is 0. The van der Waals surface area contributed by atoms with E-state index >= 15 is 0 Å². The van der Waals surface area contributed by atoms with E-state index in [-0.39, 0.29) is 0 Å². The van der Waals surface area contributed by atoms with Gasteiger partial charge >= 0.3 is 0 Å². The molecule has 1 aliphatic carbocycles. The minimum absolute atomic E-state index is 0.812. The molecule has 0 amide bonds. The first-order chi connectivity index (χ1) is 27.8. The second-order valence-electron chi connectivity index (χ2n) is 14.5. The maximum atomic E-state index is 5.50. The largest absolute Gasteiger partial charge is 0.309 e. The first kappa shape index (κ1) is 30.9. The molecule has 11 aromatic rings. The van der Waals surface area contributed by atoms with E-state index in [0.717, 1.165) is 50.4 Å². The first-order valence-electron chi connectivity index (χ1n) is 19.1. The van der Waals surface area contributed by atoms with Crippen molar-refractivity contribution in [2.75, 3.05) is 0 Å². The van der Waals surface area contributed by atoms with Gasteiger partial charge in [-0.25, -0.2) is 9.97 Å². The van der Waals surface area contributed by atoms with E-state index in [4.69, 9.17) is 9.97 Å². The molecule has 1 aliphatic rings. The van der Waals surface area contributed by atoms with E-state index in [0.29, 0.717) is 0 Å². The Balaban J connectivity index is 1.34. The molecule has 12 rings (SSSR count). The number of rotatable bonds is 5.